The molecule has 1 heterocycles. The summed E-state index contributed by atoms with van der Waals surface area (Å²) in [6.45, 7) is 2.32. The molecule has 19 heavy (non-hydrogen) atoms. The number of nitrogens with zero attached hydrogens (tertiary/aromatic N) is 1. The number of thiazole rings is 1. The van der Waals surface area contributed by atoms with Crippen molar-refractivity contribution in [2.75, 3.05) is 0 Å². The number of rotatable bonds is 5. The SMILES string of the molecule is CCC1(NC(=O)NCc2nc(C(=O)O)cs2)CCC1. The van der Waals surface area contributed by atoms with E-state index in [9.17, 15) is 9.59 Å². The van der Waals surface area contributed by atoms with Crippen LogP contribution in [-0.4, -0.2) is 27.6 Å². The molecule has 1 saturated carbocycles. The molecule has 1 fully saturated rings. The Labute approximate surface area is 115 Å². The summed E-state index contributed by atoms with van der Waals surface area (Å²) in [5.74, 6) is -1.05. The number of carboxylic acids is 1. The Bertz CT molecular complexity index is 477. The zero-order valence-corrected chi connectivity index (χ0v) is 11.5. The van der Waals surface area contributed by atoms with Gasteiger partial charge in [-0.2, -0.15) is 0 Å². The number of amides is 2. The van der Waals surface area contributed by atoms with Gasteiger partial charge in [0.25, 0.3) is 0 Å². The molecular weight excluding hydrogens is 266 g/mol. The molecule has 1 aromatic heterocycles. The first kappa shape index (κ1) is 13.8. The van der Waals surface area contributed by atoms with E-state index in [0.29, 0.717) is 5.01 Å². The van der Waals surface area contributed by atoms with Crippen molar-refractivity contribution in [1.29, 1.82) is 0 Å². The third kappa shape index (κ3) is 3.23. The van der Waals surface area contributed by atoms with Crippen molar-refractivity contribution in [3.8, 4) is 0 Å². The van der Waals surface area contributed by atoms with Crippen LogP contribution in [0.15, 0.2) is 5.38 Å². The maximum Gasteiger partial charge on any atom is 0.355 e. The van der Waals surface area contributed by atoms with E-state index < -0.39 is 5.97 Å². The highest BCUT2D eigenvalue weighted by molar-refractivity contribution is 7.09. The summed E-state index contributed by atoms with van der Waals surface area (Å²) in [4.78, 5) is 26.3. The smallest absolute Gasteiger partial charge is 0.355 e. The van der Waals surface area contributed by atoms with Crippen molar-refractivity contribution < 1.29 is 14.7 Å². The molecule has 0 radical (unpaired) electrons. The monoisotopic (exact) mass is 283 g/mol. The first-order valence-corrected chi connectivity index (χ1v) is 7.16. The van der Waals surface area contributed by atoms with Crippen LogP contribution >= 0.6 is 11.3 Å². The van der Waals surface area contributed by atoms with Crippen molar-refractivity contribution in [2.45, 2.75) is 44.7 Å². The van der Waals surface area contributed by atoms with Gasteiger partial charge in [-0.1, -0.05) is 6.92 Å². The molecule has 2 rings (SSSR count). The van der Waals surface area contributed by atoms with E-state index in [1.165, 1.54) is 16.7 Å². The Kier molecular flexibility index (Phi) is 4.04. The van der Waals surface area contributed by atoms with E-state index in [1.54, 1.807) is 0 Å². The Morgan fingerprint density at radius 2 is 2.26 bits per heavy atom. The molecule has 0 aliphatic heterocycles. The predicted molar refractivity (Wildman–Crippen MR) is 71.3 cm³/mol. The fraction of sp³-hybridized carbons (Fsp3) is 0.583. The second-order valence-electron chi connectivity index (χ2n) is 4.73. The van der Waals surface area contributed by atoms with Gasteiger partial charge in [0.2, 0.25) is 0 Å². The minimum atomic E-state index is -1.05. The number of hydrogen-bond donors (Lipinski definition) is 3. The predicted octanol–water partition coefficient (Wildman–Crippen LogP) is 1.97. The van der Waals surface area contributed by atoms with Crippen LogP contribution in [0.5, 0.6) is 0 Å². The number of carboxylic acid groups (broad SMARTS) is 1. The summed E-state index contributed by atoms with van der Waals surface area (Å²) < 4.78 is 0. The molecule has 0 spiro atoms. The van der Waals surface area contributed by atoms with Gasteiger partial charge in [0.15, 0.2) is 5.69 Å². The Morgan fingerprint density at radius 3 is 2.74 bits per heavy atom. The van der Waals surface area contributed by atoms with Gasteiger partial charge < -0.3 is 15.7 Å². The van der Waals surface area contributed by atoms with Gasteiger partial charge in [0.1, 0.15) is 5.01 Å². The third-order valence-corrected chi connectivity index (χ3v) is 4.39. The van der Waals surface area contributed by atoms with Gasteiger partial charge in [-0.05, 0) is 25.7 Å². The average Bonchev–Trinajstić information content (AvgIpc) is 2.80. The first-order chi connectivity index (χ1) is 9.04. The van der Waals surface area contributed by atoms with Crippen molar-refractivity contribution in [1.82, 2.24) is 15.6 Å². The molecule has 0 aromatic carbocycles. The van der Waals surface area contributed by atoms with Gasteiger partial charge in [-0.15, -0.1) is 11.3 Å². The molecule has 2 amide bonds. The van der Waals surface area contributed by atoms with Gasteiger partial charge in [-0.3, -0.25) is 0 Å². The van der Waals surface area contributed by atoms with Crippen LogP contribution < -0.4 is 10.6 Å². The molecule has 7 heteroatoms. The normalized spacial score (nSPS) is 16.5. The summed E-state index contributed by atoms with van der Waals surface area (Å²) in [6, 6.07) is -0.214. The Balaban J connectivity index is 1.81. The minimum Gasteiger partial charge on any atom is -0.476 e. The lowest BCUT2D eigenvalue weighted by atomic mass is 9.75. The molecular formula is C12H17N3O3S. The van der Waals surface area contributed by atoms with E-state index in [-0.39, 0.29) is 23.8 Å². The molecule has 104 valence electrons. The summed E-state index contributed by atoms with van der Waals surface area (Å²) >= 11 is 1.23. The number of aromatic nitrogens is 1. The number of carbonyl (C=O) groups excluding carboxylic acids is 1. The highest BCUT2D eigenvalue weighted by atomic mass is 32.1. The summed E-state index contributed by atoms with van der Waals surface area (Å²) in [7, 11) is 0. The lowest BCUT2D eigenvalue weighted by molar-refractivity contribution is 0.0691. The molecule has 0 bridgehead atoms. The number of aromatic carboxylic acids is 1. The Hall–Kier alpha value is -1.63. The highest BCUT2D eigenvalue weighted by Crippen LogP contribution is 2.34. The lowest BCUT2D eigenvalue weighted by Gasteiger charge is -2.41. The van der Waals surface area contributed by atoms with Crippen LogP contribution in [0, 0.1) is 0 Å². The van der Waals surface area contributed by atoms with Crippen LogP contribution in [0.3, 0.4) is 0 Å². The molecule has 0 atom stereocenters. The first-order valence-electron chi connectivity index (χ1n) is 6.28. The van der Waals surface area contributed by atoms with Crippen LogP contribution in [0.25, 0.3) is 0 Å². The molecule has 1 aliphatic rings. The van der Waals surface area contributed by atoms with Crippen LogP contribution in [0.4, 0.5) is 4.79 Å². The lowest BCUT2D eigenvalue weighted by Crippen LogP contribution is -2.55. The van der Waals surface area contributed by atoms with E-state index >= 15 is 0 Å². The van der Waals surface area contributed by atoms with Crippen LogP contribution in [0.1, 0.15) is 48.1 Å². The molecule has 1 aromatic rings. The fourth-order valence-electron chi connectivity index (χ4n) is 2.10. The second-order valence-corrected chi connectivity index (χ2v) is 5.67. The van der Waals surface area contributed by atoms with Crippen LogP contribution in [-0.2, 0) is 6.54 Å². The maximum absolute atomic E-state index is 11.8. The van der Waals surface area contributed by atoms with E-state index in [4.69, 9.17) is 5.11 Å². The van der Waals surface area contributed by atoms with E-state index in [0.717, 1.165) is 25.7 Å². The van der Waals surface area contributed by atoms with E-state index in [2.05, 4.69) is 22.5 Å². The van der Waals surface area contributed by atoms with Crippen molar-refractivity contribution >= 4 is 23.3 Å². The third-order valence-electron chi connectivity index (χ3n) is 3.54. The average molecular weight is 283 g/mol. The standard InChI is InChI=1S/C12H17N3O3S/c1-2-12(4-3-5-12)15-11(18)13-6-9-14-8(7-19-9)10(16)17/h7H,2-6H2,1H3,(H,16,17)(H2,13,15,18). The summed E-state index contributed by atoms with van der Waals surface area (Å²) in [5.41, 5.74) is -0.0228. The fourth-order valence-corrected chi connectivity index (χ4v) is 2.81. The minimum absolute atomic E-state index is 0.0197. The van der Waals surface area contributed by atoms with Gasteiger partial charge in [0.05, 0.1) is 6.54 Å². The zero-order chi connectivity index (χ0) is 13.9. The van der Waals surface area contributed by atoms with Gasteiger partial charge in [-0.25, -0.2) is 14.6 Å². The summed E-state index contributed by atoms with van der Waals surface area (Å²) in [5, 5.41) is 16.5. The van der Waals surface area contributed by atoms with Crippen molar-refractivity contribution in [2.24, 2.45) is 0 Å². The molecule has 0 unspecified atom stereocenters. The number of nitrogens with one attached hydrogen (secondary N) is 2. The largest absolute Gasteiger partial charge is 0.476 e. The van der Waals surface area contributed by atoms with Crippen molar-refractivity contribution in [3.05, 3.63) is 16.1 Å². The quantitative estimate of drug-likeness (QED) is 0.770. The molecule has 0 saturated heterocycles. The van der Waals surface area contributed by atoms with Gasteiger partial charge >= 0.3 is 12.0 Å². The number of urea groups is 1. The van der Waals surface area contributed by atoms with E-state index in [1.807, 2.05) is 0 Å². The zero-order valence-electron chi connectivity index (χ0n) is 10.7. The van der Waals surface area contributed by atoms with Crippen LogP contribution in [0.2, 0.25) is 0 Å². The Morgan fingerprint density at radius 1 is 1.53 bits per heavy atom. The second kappa shape index (κ2) is 5.56. The topological polar surface area (TPSA) is 91.3 Å². The van der Waals surface area contributed by atoms with Crippen molar-refractivity contribution in [3.63, 3.8) is 0 Å². The number of carbonyl (C=O) groups is 2. The highest BCUT2D eigenvalue weighted by Gasteiger charge is 2.36. The summed E-state index contributed by atoms with van der Waals surface area (Å²) in [6.07, 6.45) is 4.14. The van der Waals surface area contributed by atoms with Gasteiger partial charge in [0, 0.05) is 10.9 Å². The maximum atomic E-state index is 11.8. The molecule has 3 N–H and O–H groups in total. The molecule has 6 nitrogen and oxygen atoms in total. The molecule has 1 aliphatic carbocycles. The number of hydrogen-bond acceptors (Lipinski definition) is 4.